The molecule has 0 atom stereocenters. The van der Waals surface area contributed by atoms with Gasteiger partial charge in [-0.2, -0.15) is 0 Å². The number of hydrogen-bond donors (Lipinski definition) is 0. The SMILES string of the molecule is CCCCOC(=O)N1C=CCC1. The fraction of sp³-hybridized carbons (Fsp3) is 0.667. The lowest BCUT2D eigenvalue weighted by atomic mass is 10.4. The van der Waals surface area contributed by atoms with Crippen molar-refractivity contribution in [2.75, 3.05) is 13.2 Å². The molecule has 1 heterocycles. The predicted molar refractivity (Wildman–Crippen MR) is 46.7 cm³/mol. The summed E-state index contributed by atoms with van der Waals surface area (Å²) in [5.74, 6) is 0. The third-order valence-corrected chi connectivity index (χ3v) is 1.78. The van der Waals surface area contributed by atoms with Crippen molar-refractivity contribution in [3.8, 4) is 0 Å². The van der Waals surface area contributed by atoms with Crippen molar-refractivity contribution in [1.29, 1.82) is 0 Å². The number of rotatable bonds is 3. The zero-order chi connectivity index (χ0) is 8.81. The Morgan fingerprint density at radius 3 is 3.08 bits per heavy atom. The maximum atomic E-state index is 11.2. The average Bonchev–Trinajstić information content (AvgIpc) is 2.56. The van der Waals surface area contributed by atoms with Crippen LogP contribution in [0, 0.1) is 0 Å². The van der Waals surface area contributed by atoms with E-state index in [9.17, 15) is 4.79 Å². The third kappa shape index (κ3) is 2.57. The van der Waals surface area contributed by atoms with E-state index < -0.39 is 0 Å². The minimum Gasteiger partial charge on any atom is -0.449 e. The molecule has 0 aromatic rings. The molecule has 0 saturated carbocycles. The fourth-order valence-electron chi connectivity index (χ4n) is 1.03. The summed E-state index contributed by atoms with van der Waals surface area (Å²) in [5.41, 5.74) is 0. The first kappa shape index (κ1) is 9.10. The van der Waals surface area contributed by atoms with Crippen molar-refractivity contribution in [2.45, 2.75) is 26.2 Å². The standard InChI is InChI=1S/C9H15NO2/c1-2-3-8-12-9(11)10-6-4-5-7-10/h4,6H,2-3,5,7-8H2,1H3. The fourth-order valence-corrected chi connectivity index (χ4v) is 1.03. The highest BCUT2D eigenvalue weighted by molar-refractivity contribution is 5.69. The van der Waals surface area contributed by atoms with E-state index in [0.717, 1.165) is 25.8 Å². The number of carbonyl (C=O) groups excluding carboxylic acids is 1. The quantitative estimate of drug-likeness (QED) is 0.606. The first-order valence-corrected chi connectivity index (χ1v) is 4.44. The van der Waals surface area contributed by atoms with Crippen LogP contribution in [0.2, 0.25) is 0 Å². The highest BCUT2D eigenvalue weighted by Crippen LogP contribution is 2.05. The van der Waals surface area contributed by atoms with E-state index in [1.165, 1.54) is 0 Å². The molecule has 68 valence electrons. The van der Waals surface area contributed by atoms with Crippen molar-refractivity contribution in [3.63, 3.8) is 0 Å². The zero-order valence-electron chi connectivity index (χ0n) is 7.45. The van der Waals surface area contributed by atoms with Gasteiger partial charge >= 0.3 is 6.09 Å². The molecule has 0 bridgehead atoms. The van der Waals surface area contributed by atoms with Crippen LogP contribution in [0.25, 0.3) is 0 Å². The van der Waals surface area contributed by atoms with Gasteiger partial charge in [0.1, 0.15) is 0 Å². The molecular weight excluding hydrogens is 154 g/mol. The Morgan fingerprint density at radius 2 is 2.50 bits per heavy atom. The van der Waals surface area contributed by atoms with E-state index in [4.69, 9.17) is 4.74 Å². The monoisotopic (exact) mass is 169 g/mol. The van der Waals surface area contributed by atoms with Gasteiger partial charge in [-0.25, -0.2) is 4.79 Å². The van der Waals surface area contributed by atoms with Gasteiger partial charge in [-0.3, -0.25) is 4.90 Å². The lowest BCUT2D eigenvalue weighted by Crippen LogP contribution is -2.24. The molecule has 0 unspecified atom stereocenters. The van der Waals surface area contributed by atoms with Crippen LogP contribution in [0.4, 0.5) is 4.79 Å². The summed E-state index contributed by atoms with van der Waals surface area (Å²) in [6.45, 7) is 3.38. The van der Waals surface area contributed by atoms with Crippen molar-refractivity contribution < 1.29 is 9.53 Å². The van der Waals surface area contributed by atoms with E-state index in [2.05, 4.69) is 6.92 Å². The second-order valence-electron chi connectivity index (χ2n) is 2.83. The van der Waals surface area contributed by atoms with E-state index in [1.807, 2.05) is 6.08 Å². The van der Waals surface area contributed by atoms with E-state index in [-0.39, 0.29) is 6.09 Å². The Balaban J connectivity index is 2.14. The molecule has 0 spiro atoms. The highest BCUT2D eigenvalue weighted by atomic mass is 16.6. The van der Waals surface area contributed by atoms with Gasteiger partial charge in [-0.15, -0.1) is 0 Å². The van der Waals surface area contributed by atoms with Gasteiger partial charge in [0.05, 0.1) is 6.61 Å². The molecule has 0 saturated heterocycles. The van der Waals surface area contributed by atoms with Gasteiger partial charge in [0.25, 0.3) is 0 Å². The molecule has 1 amide bonds. The molecule has 0 aliphatic carbocycles. The first-order valence-electron chi connectivity index (χ1n) is 4.44. The maximum absolute atomic E-state index is 11.2. The van der Waals surface area contributed by atoms with Gasteiger partial charge in [0.15, 0.2) is 0 Å². The van der Waals surface area contributed by atoms with E-state index in [0.29, 0.717) is 6.61 Å². The minimum absolute atomic E-state index is 0.211. The lowest BCUT2D eigenvalue weighted by molar-refractivity contribution is 0.118. The predicted octanol–water partition coefficient (Wildman–Crippen LogP) is 2.14. The van der Waals surface area contributed by atoms with E-state index >= 15 is 0 Å². The Bertz CT molecular complexity index is 177. The van der Waals surface area contributed by atoms with Crippen LogP contribution in [-0.4, -0.2) is 24.1 Å². The second kappa shape index (κ2) is 4.80. The Morgan fingerprint density at radius 1 is 1.67 bits per heavy atom. The van der Waals surface area contributed by atoms with Crippen molar-refractivity contribution in [3.05, 3.63) is 12.3 Å². The molecular formula is C9H15NO2. The van der Waals surface area contributed by atoms with Gasteiger partial charge in [0.2, 0.25) is 0 Å². The normalized spacial score (nSPS) is 15.2. The molecule has 0 aromatic carbocycles. The number of ether oxygens (including phenoxy) is 1. The van der Waals surface area contributed by atoms with Crippen LogP contribution < -0.4 is 0 Å². The molecule has 1 aliphatic heterocycles. The topological polar surface area (TPSA) is 29.5 Å². The van der Waals surface area contributed by atoms with Crippen LogP contribution in [0.5, 0.6) is 0 Å². The molecule has 0 radical (unpaired) electrons. The average molecular weight is 169 g/mol. The summed E-state index contributed by atoms with van der Waals surface area (Å²) in [6.07, 6.45) is 6.50. The minimum atomic E-state index is -0.211. The first-order chi connectivity index (χ1) is 5.84. The van der Waals surface area contributed by atoms with Gasteiger partial charge in [-0.1, -0.05) is 19.4 Å². The molecule has 3 nitrogen and oxygen atoms in total. The van der Waals surface area contributed by atoms with Crippen molar-refractivity contribution in [2.24, 2.45) is 0 Å². The molecule has 1 rings (SSSR count). The number of nitrogens with zero attached hydrogens (tertiary/aromatic N) is 1. The largest absolute Gasteiger partial charge is 0.449 e. The summed E-state index contributed by atoms with van der Waals surface area (Å²) in [6, 6.07) is 0. The molecule has 12 heavy (non-hydrogen) atoms. The number of carbonyl (C=O) groups is 1. The van der Waals surface area contributed by atoms with Crippen LogP contribution in [0.15, 0.2) is 12.3 Å². The lowest BCUT2D eigenvalue weighted by Gasteiger charge is -2.12. The smallest absolute Gasteiger partial charge is 0.413 e. The van der Waals surface area contributed by atoms with Crippen LogP contribution >= 0.6 is 0 Å². The van der Waals surface area contributed by atoms with Gasteiger partial charge in [0, 0.05) is 12.7 Å². The highest BCUT2D eigenvalue weighted by Gasteiger charge is 2.13. The van der Waals surface area contributed by atoms with Crippen molar-refractivity contribution in [1.82, 2.24) is 4.90 Å². The van der Waals surface area contributed by atoms with Crippen molar-refractivity contribution >= 4 is 6.09 Å². The number of unbranched alkanes of at least 4 members (excludes halogenated alkanes) is 1. The summed E-state index contributed by atoms with van der Waals surface area (Å²) in [4.78, 5) is 12.8. The van der Waals surface area contributed by atoms with Crippen LogP contribution in [0.1, 0.15) is 26.2 Å². The molecule has 0 N–H and O–H groups in total. The number of amides is 1. The van der Waals surface area contributed by atoms with E-state index in [1.54, 1.807) is 11.1 Å². The zero-order valence-corrected chi connectivity index (χ0v) is 7.45. The maximum Gasteiger partial charge on any atom is 0.413 e. The molecule has 1 aliphatic rings. The molecule has 0 aromatic heterocycles. The number of hydrogen-bond acceptors (Lipinski definition) is 2. The summed E-state index contributed by atoms with van der Waals surface area (Å²) in [5, 5.41) is 0. The molecule has 3 heteroatoms. The van der Waals surface area contributed by atoms with Gasteiger partial charge < -0.3 is 4.74 Å². The second-order valence-corrected chi connectivity index (χ2v) is 2.83. The van der Waals surface area contributed by atoms with Gasteiger partial charge in [-0.05, 0) is 12.8 Å². The Kier molecular flexibility index (Phi) is 3.64. The van der Waals surface area contributed by atoms with Crippen LogP contribution in [0.3, 0.4) is 0 Å². The van der Waals surface area contributed by atoms with Crippen LogP contribution in [-0.2, 0) is 4.74 Å². The summed E-state index contributed by atoms with van der Waals surface area (Å²) < 4.78 is 5.00. The third-order valence-electron chi connectivity index (χ3n) is 1.78. The molecule has 0 fully saturated rings. The summed E-state index contributed by atoms with van der Waals surface area (Å²) in [7, 11) is 0. The summed E-state index contributed by atoms with van der Waals surface area (Å²) >= 11 is 0. The Hall–Kier alpha value is -0.990. The Labute approximate surface area is 73.0 Å².